The highest BCUT2D eigenvalue weighted by atomic mass is 19.1. The quantitative estimate of drug-likeness (QED) is 0.803. The van der Waals surface area contributed by atoms with Gasteiger partial charge in [-0.25, -0.2) is 9.18 Å². The number of carbonyl (C=O) groups is 1. The van der Waals surface area contributed by atoms with Crippen LogP contribution in [0.5, 0.6) is 0 Å². The topological polar surface area (TPSA) is 40.5 Å². The summed E-state index contributed by atoms with van der Waals surface area (Å²) in [5.74, 6) is -1.46. The van der Waals surface area contributed by atoms with Gasteiger partial charge in [-0.05, 0) is 17.7 Å². The molecule has 0 aromatic heterocycles. The lowest BCUT2D eigenvalue weighted by atomic mass is 10.1. The van der Waals surface area contributed by atoms with Crippen molar-refractivity contribution in [3.8, 4) is 0 Å². The van der Waals surface area contributed by atoms with Crippen molar-refractivity contribution in [3.63, 3.8) is 0 Å². The summed E-state index contributed by atoms with van der Waals surface area (Å²) in [5, 5.41) is 8.43. The van der Waals surface area contributed by atoms with Gasteiger partial charge in [-0.15, -0.1) is 0 Å². The normalized spacial score (nSPS) is 12.2. The van der Waals surface area contributed by atoms with Crippen molar-refractivity contribution in [1.82, 2.24) is 0 Å². The summed E-state index contributed by atoms with van der Waals surface area (Å²) in [5.41, 5.74) is 1.08. The molecule has 3 nitrogen and oxygen atoms in total. The van der Waals surface area contributed by atoms with Crippen molar-refractivity contribution in [3.05, 3.63) is 29.8 Å². The number of carboxylic acid groups (broad SMARTS) is 1. The fourth-order valence-electron chi connectivity index (χ4n) is 1.08. The molecular formula is C10H12FNO2. The summed E-state index contributed by atoms with van der Waals surface area (Å²) in [6, 6.07) is 6.33. The van der Waals surface area contributed by atoms with Gasteiger partial charge in [-0.3, -0.25) is 0 Å². The van der Waals surface area contributed by atoms with Crippen LogP contribution in [0.3, 0.4) is 0 Å². The highest BCUT2D eigenvalue weighted by Crippen LogP contribution is 2.20. The van der Waals surface area contributed by atoms with Gasteiger partial charge in [0, 0.05) is 19.8 Å². The Balaban J connectivity index is 2.88. The first-order chi connectivity index (χ1) is 6.52. The first-order valence-corrected chi connectivity index (χ1v) is 4.16. The lowest BCUT2D eigenvalue weighted by Crippen LogP contribution is -2.09. The van der Waals surface area contributed by atoms with E-state index in [2.05, 4.69) is 0 Å². The molecule has 0 aliphatic rings. The van der Waals surface area contributed by atoms with Crippen LogP contribution >= 0.6 is 0 Å². The lowest BCUT2D eigenvalue weighted by molar-refractivity contribution is -0.143. The zero-order chi connectivity index (χ0) is 10.7. The summed E-state index contributed by atoms with van der Waals surface area (Å²) < 4.78 is 13.0. The zero-order valence-electron chi connectivity index (χ0n) is 8.07. The fraction of sp³-hybridized carbons (Fsp3) is 0.300. The Bertz CT molecular complexity index is 321. The molecule has 0 bridgehead atoms. The summed E-state index contributed by atoms with van der Waals surface area (Å²) in [6.07, 6.45) is -1.94. The van der Waals surface area contributed by atoms with Crippen molar-refractivity contribution in [2.75, 3.05) is 19.0 Å². The largest absolute Gasteiger partial charge is 0.479 e. The van der Waals surface area contributed by atoms with Crippen LogP contribution in [0.15, 0.2) is 24.3 Å². The van der Waals surface area contributed by atoms with Crippen LogP contribution in [0.2, 0.25) is 0 Å². The monoisotopic (exact) mass is 197 g/mol. The van der Waals surface area contributed by atoms with Gasteiger partial charge in [0.15, 0.2) is 0 Å². The third-order valence-electron chi connectivity index (χ3n) is 1.92. The Morgan fingerprint density at radius 1 is 1.36 bits per heavy atom. The minimum absolute atomic E-state index is 0.170. The van der Waals surface area contributed by atoms with E-state index in [-0.39, 0.29) is 5.56 Å². The summed E-state index contributed by atoms with van der Waals surface area (Å²) in [6.45, 7) is 0. The van der Waals surface area contributed by atoms with E-state index in [1.54, 1.807) is 12.1 Å². The molecule has 0 saturated heterocycles. The fourth-order valence-corrected chi connectivity index (χ4v) is 1.08. The first kappa shape index (κ1) is 10.5. The van der Waals surface area contributed by atoms with Gasteiger partial charge in [0.2, 0.25) is 6.17 Å². The lowest BCUT2D eigenvalue weighted by Gasteiger charge is -2.12. The van der Waals surface area contributed by atoms with Crippen LogP contribution in [0.4, 0.5) is 10.1 Å². The summed E-state index contributed by atoms with van der Waals surface area (Å²) in [7, 11) is 3.72. The number of rotatable bonds is 3. The molecule has 0 heterocycles. The van der Waals surface area contributed by atoms with E-state index >= 15 is 0 Å². The molecule has 14 heavy (non-hydrogen) atoms. The number of nitrogens with zero attached hydrogens (tertiary/aromatic N) is 1. The van der Waals surface area contributed by atoms with E-state index in [9.17, 15) is 9.18 Å². The number of hydrogen-bond donors (Lipinski definition) is 1. The number of hydrogen-bond acceptors (Lipinski definition) is 2. The molecule has 1 aromatic carbocycles. The molecule has 1 aromatic rings. The Morgan fingerprint density at radius 2 is 1.86 bits per heavy atom. The second-order valence-electron chi connectivity index (χ2n) is 3.19. The molecule has 76 valence electrons. The van der Waals surface area contributed by atoms with E-state index in [1.165, 1.54) is 12.1 Å². The van der Waals surface area contributed by atoms with Gasteiger partial charge in [-0.2, -0.15) is 0 Å². The number of aliphatic carboxylic acids is 1. The molecule has 1 N–H and O–H groups in total. The predicted octanol–water partition coefficient (Wildman–Crippen LogP) is 1.85. The van der Waals surface area contributed by atoms with Gasteiger partial charge < -0.3 is 10.0 Å². The van der Waals surface area contributed by atoms with Crippen LogP contribution < -0.4 is 4.90 Å². The predicted molar refractivity (Wildman–Crippen MR) is 52.3 cm³/mol. The van der Waals surface area contributed by atoms with Gasteiger partial charge in [-0.1, -0.05) is 12.1 Å². The second-order valence-corrected chi connectivity index (χ2v) is 3.19. The molecule has 0 aliphatic heterocycles. The minimum atomic E-state index is -1.94. The minimum Gasteiger partial charge on any atom is -0.479 e. The highest BCUT2D eigenvalue weighted by molar-refractivity contribution is 5.74. The Labute approximate surface area is 81.8 Å². The molecule has 0 spiro atoms. The number of halogens is 1. The molecule has 0 aliphatic carbocycles. The maximum absolute atomic E-state index is 13.0. The van der Waals surface area contributed by atoms with Gasteiger partial charge in [0.25, 0.3) is 0 Å². The molecule has 0 saturated carbocycles. The van der Waals surface area contributed by atoms with Crippen LogP contribution in [0.1, 0.15) is 11.7 Å². The van der Waals surface area contributed by atoms with Crippen molar-refractivity contribution < 1.29 is 14.3 Å². The number of anilines is 1. The summed E-state index contributed by atoms with van der Waals surface area (Å²) >= 11 is 0. The van der Waals surface area contributed by atoms with Crippen molar-refractivity contribution >= 4 is 11.7 Å². The SMILES string of the molecule is CN(C)c1ccc(C(F)C(=O)O)cc1. The van der Waals surface area contributed by atoms with Crippen LogP contribution in [-0.4, -0.2) is 25.2 Å². The molecule has 1 rings (SSSR count). The molecule has 1 atom stereocenters. The molecule has 0 radical (unpaired) electrons. The van der Waals surface area contributed by atoms with Crippen LogP contribution in [0.25, 0.3) is 0 Å². The number of alkyl halides is 1. The highest BCUT2D eigenvalue weighted by Gasteiger charge is 2.17. The van der Waals surface area contributed by atoms with Crippen molar-refractivity contribution in [1.29, 1.82) is 0 Å². The smallest absolute Gasteiger partial charge is 0.343 e. The molecule has 1 unspecified atom stereocenters. The van der Waals surface area contributed by atoms with Gasteiger partial charge in [0.05, 0.1) is 0 Å². The number of carboxylic acids is 1. The van der Waals surface area contributed by atoms with Crippen LogP contribution in [0, 0.1) is 0 Å². The average Bonchev–Trinajstić information content (AvgIpc) is 2.16. The second kappa shape index (κ2) is 4.09. The third-order valence-corrected chi connectivity index (χ3v) is 1.92. The maximum atomic E-state index is 13.0. The average molecular weight is 197 g/mol. The molecular weight excluding hydrogens is 185 g/mol. The molecule has 4 heteroatoms. The maximum Gasteiger partial charge on any atom is 0.343 e. The standard InChI is InChI=1S/C10H12FNO2/c1-12(2)8-5-3-7(4-6-8)9(11)10(13)14/h3-6,9H,1-2H3,(H,13,14). The van der Waals surface area contributed by atoms with Gasteiger partial charge in [0.1, 0.15) is 0 Å². The summed E-state index contributed by atoms with van der Waals surface area (Å²) in [4.78, 5) is 12.2. The van der Waals surface area contributed by atoms with Crippen molar-refractivity contribution in [2.45, 2.75) is 6.17 Å². The van der Waals surface area contributed by atoms with E-state index in [0.29, 0.717) is 0 Å². The molecule has 0 amide bonds. The van der Waals surface area contributed by atoms with E-state index in [0.717, 1.165) is 5.69 Å². The zero-order valence-corrected chi connectivity index (χ0v) is 8.07. The van der Waals surface area contributed by atoms with Gasteiger partial charge >= 0.3 is 5.97 Å². The van der Waals surface area contributed by atoms with Crippen LogP contribution in [-0.2, 0) is 4.79 Å². The Morgan fingerprint density at radius 3 is 2.21 bits per heavy atom. The molecule has 0 fully saturated rings. The van der Waals surface area contributed by atoms with E-state index < -0.39 is 12.1 Å². The number of benzene rings is 1. The Hall–Kier alpha value is -1.58. The van der Waals surface area contributed by atoms with E-state index in [4.69, 9.17) is 5.11 Å². The van der Waals surface area contributed by atoms with E-state index in [1.807, 2.05) is 19.0 Å². The first-order valence-electron chi connectivity index (χ1n) is 4.16. The Kier molecular flexibility index (Phi) is 3.06. The third kappa shape index (κ3) is 2.22. The van der Waals surface area contributed by atoms with Crippen molar-refractivity contribution in [2.24, 2.45) is 0 Å².